The van der Waals surface area contributed by atoms with Gasteiger partial charge in [-0.1, -0.05) is 0 Å². The van der Waals surface area contributed by atoms with E-state index >= 15 is 0 Å². The lowest BCUT2D eigenvalue weighted by molar-refractivity contribution is 0.395. The number of aryl methyl sites for hydroxylation is 2. The van der Waals surface area contributed by atoms with E-state index < -0.39 is 0 Å². The third kappa shape index (κ3) is 3.88. The summed E-state index contributed by atoms with van der Waals surface area (Å²) >= 11 is 5.32. The molecule has 0 bridgehead atoms. The van der Waals surface area contributed by atoms with Gasteiger partial charge in [0.1, 0.15) is 11.5 Å². The van der Waals surface area contributed by atoms with Crippen molar-refractivity contribution in [1.82, 2.24) is 15.1 Å². The molecule has 2 aromatic rings. The summed E-state index contributed by atoms with van der Waals surface area (Å²) in [5.41, 5.74) is 2.82. The number of nitrogens with one attached hydrogen (secondary N) is 2. The van der Waals surface area contributed by atoms with E-state index in [0.717, 1.165) is 22.8 Å². The molecule has 0 unspecified atom stereocenters. The minimum Gasteiger partial charge on any atom is -0.497 e. The molecule has 7 heteroatoms. The number of aromatic nitrogens is 2. The van der Waals surface area contributed by atoms with Crippen LogP contribution in [-0.2, 0) is 13.6 Å². The van der Waals surface area contributed by atoms with Gasteiger partial charge in [-0.05, 0) is 37.3 Å². The van der Waals surface area contributed by atoms with Gasteiger partial charge in [-0.15, -0.1) is 0 Å². The summed E-state index contributed by atoms with van der Waals surface area (Å²) in [4.78, 5) is 0. The van der Waals surface area contributed by atoms with Gasteiger partial charge in [0, 0.05) is 13.1 Å². The Kier molecular flexibility index (Phi) is 5.21. The summed E-state index contributed by atoms with van der Waals surface area (Å²) in [6.07, 6.45) is 0. The zero-order valence-electron chi connectivity index (χ0n) is 13.1. The van der Waals surface area contributed by atoms with Crippen LogP contribution in [-0.4, -0.2) is 29.1 Å². The number of ether oxygens (including phenoxy) is 2. The summed E-state index contributed by atoms with van der Waals surface area (Å²) in [5, 5.41) is 11.1. The molecule has 1 aromatic carbocycles. The van der Waals surface area contributed by atoms with Gasteiger partial charge in [0.25, 0.3) is 0 Å². The molecule has 0 aliphatic heterocycles. The van der Waals surface area contributed by atoms with Crippen molar-refractivity contribution in [2.45, 2.75) is 13.5 Å². The fraction of sp³-hybridized carbons (Fsp3) is 0.333. The SMILES string of the molecule is COc1ccc(NC(=S)NCc2cc(C)nn2C)c(OC)c1. The summed E-state index contributed by atoms with van der Waals surface area (Å²) in [6, 6.07) is 7.52. The van der Waals surface area contributed by atoms with E-state index in [4.69, 9.17) is 21.7 Å². The summed E-state index contributed by atoms with van der Waals surface area (Å²) in [6.45, 7) is 2.56. The van der Waals surface area contributed by atoms with Gasteiger partial charge in [-0.3, -0.25) is 4.68 Å². The molecule has 0 atom stereocenters. The van der Waals surface area contributed by atoms with Crippen molar-refractivity contribution in [2.24, 2.45) is 7.05 Å². The number of hydrogen-bond donors (Lipinski definition) is 2. The molecule has 6 nitrogen and oxygen atoms in total. The van der Waals surface area contributed by atoms with Gasteiger partial charge in [-0.2, -0.15) is 5.10 Å². The van der Waals surface area contributed by atoms with Gasteiger partial charge in [-0.25, -0.2) is 0 Å². The van der Waals surface area contributed by atoms with Crippen LogP contribution in [0.5, 0.6) is 11.5 Å². The first-order chi connectivity index (χ1) is 10.5. The highest BCUT2D eigenvalue weighted by atomic mass is 32.1. The Hall–Kier alpha value is -2.28. The zero-order valence-corrected chi connectivity index (χ0v) is 14.0. The normalized spacial score (nSPS) is 10.2. The molecule has 2 rings (SSSR count). The molecular formula is C15H20N4O2S. The van der Waals surface area contributed by atoms with Gasteiger partial charge in [0.15, 0.2) is 5.11 Å². The van der Waals surface area contributed by atoms with Crippen LogP contribution in [0.3, 0.4) is 0 Å². The van der Waals surface area contributed by atoms with Crippen LogP contribution in [0.4, 0.5) is 5.69 Å². The van der Waals surface area contributed by atoms with Crippen molar-refractivity contribution in [3.63, 3.8) is 0 Å². The van der Waals surface area contributed by atoms with Crippen molar-refractivity contribution in [3.8, 4) is 11.5 Å². The molecule has 1 heterocycles. The average molecular weight is 320 g/mol. The van der Waals surface area contributed by atoms with Crippen LogP contribution in [0.15, 0.2) is 24.3 Å². The lowest BCUT2D eigenvalue weighted by atomic mass is 10.2. The second-order valence-corrected chi connectivity index (χ2v) is 5.18. The predicted octanol–water partition coefficient (Wildman–Crippen LogP) is 2.23. The number of benzene rings is 1. The number of thiocarbonyl (C=S) groups is 1. The van der Waals surface area contributed by atoms with E-state index in [-0.39, 0.29) is 0 Å². The zero-order chi connectivity index (χ0) is 16.1. The van der Waals surface area contributed by atoms with Crippen LogP contribution < -0.4 is 20.1 Å². The van der Waals surface area contributed by atoms with E-state index in [1.807, 2.05) is 36.9 Å². The molecule has 0 aliphatic carbocycles. The van der Waals surface area contributed by atoms with Crippen LogP contribution in [0.2, 0.25) is 0 Å². The highest BCUT2D eigenvalue weighted by molar-refractivity contribution is 7.80. The lowest BCUT2D eigenvalue weighted by Crippen LogP contribution is -2.28. The lowest BCUT2D eigenvalue weighted by Gasteiger charge is -2.14. The topological polar surface area (TPSA) is 60.3 Å². The van der Waals surface area contributed by atoms with Crippen molar-refractivity contribution in [3.05, 3.63) is 35.7 Å². The monoisotopic (exact) mass is 320 g/mol. The third-order valence-electron chi connectivity index (χ3n) is 3.19. The maximum atomic E-state index is 5.33. The molecule has 22 heavy (non-hydrogen) atoms. The van der Waals surface area contributed by atoms with E-state index in [1.165, 1.54) is 0 Å². The molecule has 0 aliphatic rings. The van der Waals surface area contributed by atoms with Crippen molar-refractivity contribution < 1.29 is 9.47 Å². The molecule has 0 saturated heterocycles. The Morgan fingerprint density at radius 1 is 1.27 bits per heavy atom. The Labute approximate surface area is 135 Å². The molecule has 118 valence electrons. The molecule has 0 amide bonds. The van der Waals surface area contributed by atoms with Crippen LogP contribution in [0.25, 0.3) is 0 Å². The maximum Gasteiger partial charge on any atom is 0.171 e. The van der Waals surface area contributed by atoms with Crippen molar-refractivity contribution in [1.29, 1.82) is 0 Å². The third-order valence-corrected chi connectivity index (χ3v) is 3.43. The molecule has 0 radical (unpaired) electrons. The van der Waals surface area contributed by atoms with Crippen LogP contribution >= 0.6 is 12.2 Å². The van der Waals surface area contributed by atoms with Gasteiger partial charge in [0.2, 0.25) is 0 Å². The summed E-state index contributed by atoms with van der Waals surface area (Å²) in [7, 11) is 5.13. The number of nitrogens with zero attached hydrogens (tertiary/aromatic N) is 2. The minimum absolute atomic E-state index is 0.516. The Morgan fingerprint density at radius 3 is 2.64 bits per heavy atom. The number of hydrogen-bond acceptors (Lipinski definition) is 4. The van der Waals surface area contributed by atoms with Gasteiger partial charge < -0.3 is 20.1 Å². The van der Waals surface area contributed by atoms with E-state index in [0.29, 0.717) is 17.4 Å². The maximum absolute atomic E-state index is 5.33. The second-order valence-electron chi connectivity index (χ2n) is 4.77. The van der Waals surface area contributed by atoms with E-state index in [1.54, 1.807) is 20.3 Å². The van der Waals surface area contributed by atoms with Crippen LogP contribution in [0.1, 0.15) is 11.4 Å². The number of anilines is 1. The highest BCUT2D eigenvalue weighted by Gasteiger charge is 2.07. The smallest absolute Gasteiger partial charge is 0.171 e. The number of rotatable bonds is 5. The fourth-order valence-corrected chi connectivity index (χ4v) is 2.25. The van der Waals surface area contributed by atoms with Crippen molar-refractivity contribution in [2.75, 3.05) is 19.5 Å². The Bertz CT molecular complexity index is 670. The molecular weight excluding hydrogens is 300 g/mol. The standard InChI is InChI=1S/C15H20N4O2S/c1-10-7-11(19(2)18-10)9-16-15(22)17-13-6-5-12(20-3)8-14(13)21-4/h5-8H,9H2,1-4H3,(H2,16,17,22). The first-order valence-electron chi connectivity index (χ1n) is 6.80. The summed E-state index contributed by atoms with van der Waals surface area (Å²) in [5.74, 6) is 1.39. The number of methoxy groups -OCH3 is 2. The Balaban J connectivity index is 1.98. The van der Waals surface area contributed by atoms with E-state index in [2.05, 4.69) is 15.7 Å². The largest absolute Gasteiger partial charge is 0.497 e. The predicted molar refractivity (Wildman–Crippen MR) is 90.6 cm³/mol. The Morgan fingerprint density at radius 2 is 2.05 bits per heavy atom. The molecule has 0 spiro atoms. The van der Waals surface area contributed by atoms with Gasteiger partial charge >= 0.3 is 0 Å². The van der Waals surface area contributed by atoms with Crippen LogP contribution in [0, 0.1) is 6.92 Å². The molecule has 0 fully saturated rings. The first-order valence-corrected chi connectivity index (χ1v) is 7.20. The molecule has 2 N–H and O–H groups in total. The minimum atomic E-state index is 0.516. The summed E-state index contributed by atoms with van der Waals surface area (Å²) < 4.78 is 12.3. The quantitative estimate of drug-likeness (QED) is 0.824. The average Bonchev–Trinajstić information content (AvgIpc) is 2.83. The highest BCUT2D eigenvalue weighted by Crippen LogP contribution is 2.28. The molecule has 1 aromatic heterocycles. The van der Waals surface area contributed by atoms with Crippen molar-refractivity contribution >= 4 is 23.0 Å². The second kappa shape index (κ2) is 7.13. The molecule has 0 saturated carbocycles. The first kappa shape index (κ1) is 16.1. The fourth-order valence-electron chi connectivity index (χ4n) is 2.07. The van der Waals surface area contributed by atoms with Gasteiger partial charge in [0.05, 0.1) is 37.8 Å². The van der Waals surface area contributed by atoms with E-state index in [9.17, 15) is 0 Å².